The van der Waals surface area contributed by atoms with Gasteiger partial charge in [0.25, 0.3) is 0 Å². The minimum absolute atomic E-state index is 0.650. The molecule has 1 aliphatic heterocycles. The second-order valence-corrected chi connectivity index (χ2v) is 5.25. The average molecular weight is 272 g/mol. The molecule has 0 radical (unpaired) electrons. The van der Waals surface area contributed by atoms with E-state index in [0.717, 1.165) is 36.4 Å². The number of benzene rings is 1. The van der Waals surface area contributed by atoms with Gasteiger partial charge in [0.15, 0.2) is 0 Å². The molecule has 0 atom stereocenters. The molecule has 2 N–H and O–H groups in total. The van der Waals surface area contributed by atoms with Gasteiger partial charge in [-0.05, 0) is 25.0 Å². The molecule has 0 unspecified atom stereocenters. The van der Waals surface area contributed by atoms with Crippen molar-refractivity contribution in [1.82, 2.24) is 9.78 Å². The van der Waals surface area contributed by atoms with E-state index < -0.39 is 0 Å². The van der Waals surface area contributed by atoms with Crippen LogP contribution in [0.3, 0.4) is 0 Å². The van der Waals surface area contributed by atoms with E-state index in [1.807, 2.05) is 13.1 Å². The lowest BCUT2D eigenvalue weighted by Gasteiger charge is -2.29. The van der Waals surface area contributed by atoms with Crippen LogP contribution in [0.1, 0.15) is 12.0 Å². The molecule has 1 aromatic heterocycles. The van der Waals surface area contributed by atoms with Crippen molar-refractivity contribution in [3.63, 3.8) is 0 Å². The first-order chi connectivity index (χ1) is 9.61. The van der Waals surface area contributed by atoms with Crippen molar-refractivity contribution in [3.05, 3.63) is 23.8 Å². The van der Waals surface area contributed by atoms with Gasteiger partial charge in [-0.2, -0.15) is 5.10 Å². The molecule has 2 heterocycles. The maximum Gasteiger partial charge on any atom is 0.133 e. The summed E-state index contributed by atoms with van der Waals surface area (Å²) in [5.41, 5.74) is 10.3. The van der Waals surface area contributed by atoms with E-state index in [2.05, 4.69) is 29.2 Å². The number of aromatic nitrogens is 2. The number of nitrogen functional groups attached to an aromatic ring is 1. The molecule has 0 spiro atoms. The molecule has 0 saturated heterocycles. The van der Waals surface area contributed by atoms with Crippen molar-refractivity contribution in [2.24, 2.45) is 7.05 Å². The highest BCUT2D eigenvalue weighted by atomic mass is 16.5. The summed E-state index contributed by atoms with van der Waals surface area (Å²) in [4.78, 5) is 2.28. The molecular weight excluding hydrogens is 252 g/mol. The highest BCUT2D eigenvalue weighted by Gasteiger charge is 2.22. The lowest BCUT2D eigenvalue weighted by molar-refractivity contribution is 0.409. The van der Waals surface area contributed by atoms with Gasteiger partial charge in [0.1, 0.15) is 11.6 Å². The van der Waals surface area contributed by atoms with E-state index in [1.165, 1.54) is 11.3 Å². The third-order valence-electron chi connectivity index (χ3n) is 3.96. The van der Waals surface area contributed by atoms with Crippen molar-refractivity contribution in [2.45, 2.75) is 12.8 Å². The Hall–Kier alpha value is -2.17. The third-order valence-corrected chi connectivity index (χ3v) is 3.96. The summed E-state index contributed by atoms with van der Waals surface area (Å²) >= 11 is 0. The van der Waals surface area contributed by atoms with E-state index in [-0.39, 0.29) is 0 Å². The Balaban J connectivity index is 2.17. The summed E-state index contributed by atoms with van der Waals surface area (Å²) in [5.74, 6) is 1.57. The molecule has 20 heavy (non-hydrogen) atoms. The first-order valence-corrected chi connectivity index (χ1v) is 6.82. The summed E-state index contributed by atoms with van der Waals surface area (Å²) in [5, 5.41) is 4.46. The zero-order chi connectivity index (χ0) is 14.3. The van der Waals surface area contributed by atoms with Crippen molar-refractivity contribution < 1.29 is 4.74 Å². The number of hydrogen-bond acceptors (Lipinski definition) is 4. The maximum absolute atomic E-state index is 5.88. The van der Waals surface area contributed by atoms with Gasteiger partial charge >= 0.3 is 0 Å². The number of ether oxygens (including phenoxy) is 1. The van der Waals surface area contributed by atoms with Gasteiger partial charge in [0.2, 0.25) is 0 Å². The molecule has 0 bridgehead atoms. The number of methoxy groups -OCH3 is 1. The minimum Gasteiger partial charge on any atom is -0.496 e. The van der Waals surface area contributed by atoms with Gasteiger partial charge in [-0.15, -0.1) is 0 Å². The van der Waals surface area contributed by atoms with Crippen molar-refractivity contribution in [2.75, 3.05) is 31.3 Å². The van der Waals surface area contributed by atoms with E-state index in [1.54, 1.807) is 11.8 Å². The summed E-state index contributed by atoms with van der Waals surface area (Å²) in [6.45, 7) is 1.09. The minimum atomic E-state index is 0.650. The van der Waals surface area contributed by atoms with Gasteiger partial charge in [0.05, 0.1) is 12.8 Å². The molecule has 0 amide bonds. The molecule has 1 aromatic carbocycles. The summed E-state index contributed by atoms with van der Waals surface area (Å²) in [6, 6.07) is 6.11. The van der Waals surface area contributed by atoms with Crippen LogP contribution in [0.15, 0.2) is 18.2 Å². The summed E-state index contributed by atoms with van der Waals surface area (Å²) < 4.78 is 7.36. The quantitative estimate of drug-likeness (QED) is 0.909. The van der Waals surface area contributed by atoms with Crippen LogP contribution in [0.2, 0.25) is 0 Å². The zero-order valence-electron chi connectivity index (χ0n) is 12.2. The van der Waals surface area contributed by atoms with E-state index in [4.69, 9.17) is 10.5 Å². The summed E-state index contributed by atoms with van der Waals surface area (Å²) in [6.07, 6.45) is 2.19. The molecule has 0 aliphatic carbocycles. The Bertz CT molecular complexity index is 628. The number of fused-ring (bicyclic) bond motifs is 1. The van der Waals surface area contributed by atoms with Crippen LogP contribution in [-0.4, -0.2) is 30.5 Å². The number of nitrogens with zero attached hydrogens (tertiary/aromatic N) is 3. The fourth-order valence-corrected chi connectivity index (χ4v) is 2.88. The first-order valence-electron chi connectivity index (χ1n) is 6.82. The number of anilines is 2. The van der Waals surface area contributed by atoms with E-state index in [0.29, 0.717) is 5.82 Å². The van der Waals surface area contributed by atoms with E-state index >= 15 is 0 Å². The molecule has 5 nitrogen and oxygen atoms in total. The Kier molecular flexibility index (Phi) is 3.04. The molecule has 1 aliphatic rings. The maximum atomic E-state index is 5.88. The number of aryl methyl sites for hydroxylation is 1. The van der Waals surface area contributed by atoms with Crippen LogP contribution < -0.4 is 15.4 Å². The highest BCUT2D eigenvalue weighted by molar-refractivity contribution is 5.76. The Morgan fingerprint density at radius 1 is 1.30 bits per heavy atom. The van der Waals surface area contributed by atoms with Crippen LogP contribution in [0.5, 0.6) is 5.75 Å². The van der Waals surface area contributed by atoms with Crippen molar-refractivity contribution in [3.8, 4) is 17.0 Å². The van der Waals surface area contributed by atoms with Crippen LogP contribution in [0.4, 0.5) is 11.5 Å². The molecular formula is C15H20N4O. The van der Waals surface area contributed by atoms with Crippen LogP contribution in [0, 0.1) is 0 Å². The largest absolute Gasteiger partial charge is 0.496 e. The number of nitrogens with two attached hydrogens (primary N) is 1. The fourth-order valence-electron chi connectivity index (χ4n) is 2.88. The average Bonchev–Trinajstić information content (AvgIpc) is 2.77. The highest BCUT2D eigenvalue weighted by Crippen LogP contribution is 2.40. The predicted octanol–water partition coefficient (Wildman–Crippen LogP) is 2.06. The van der Waals surface area contributed by atoms with Gasteiger partial charge in [-0.1, -0.05) is 0 Å². The van der Waals surface area contributed by atoms with Gasteiger partial charge in [0, 0.05) is 43.5 Å². The molecule has 5 heteroatoms. The van der Waals surface area contributed by atoms with Gasteiger partial charge in [-0.3, -0.25) is 4.68 Å². The van der Waals surface area contributed by atoms with E-state index in [9.17, 15) is 0 Å². The second kappa shape index (κ2) is 4.74. The number of rotatable bonds is 2. The number of hydrogen-bond donors (Lipinski definition) is 1. The van der Waals surface area contributed by atoms with Crippen LogP contribution >= 0.6 is 0 Å². The molecule has 0 fully saturated rings. The van der Waals surface area contributed by atoms with Gasteiger partial charge in [-0.25, -0.2) is 0 Å². The van der Waals surface area contributed by atoms with Gasteiger partial charge < -0.3 is 15.4 Å². The molecule has 3 rings (SSSR count). The SMILES string of the molecule is COc1c(-c2cc(N)n(C)n2)ccc2c1CCCN2C. The second-order valence-electron chi connectivity index (χ2n) is 5.25. The predicted molar refractivity (Wildman–Crippen MR) is 81.2 cm³/mol. The Morgan fingerprint density at radius 2 is 2.10 bits per heavy atom. The van der Waals surface area contributed by atoms with Crippen LogP contribution in [0.25, 0.3) is 11.3 Å². The standard InChI is InChI=1S/C15H20N4O/c1-18-8-4-5-11-13(18)7-6-10(15(11)20-3)12-9-14(16)19(2)17-12/h6-7,9H,4-5,8,16H2,1-3H3. The first kappa shape index (κ1) is 12.8. The lowest BCUT2D eigenvalue weighted by atomic mass is 9.96. The zero-order valence-corrected chi connectivity index (χ0v) is 12.2. The molecule has 106 valence electrons. The van der Waals surface area contributed by atoms with Crippen molar-refractivity contribution in [1.29, 1.82) is 0 Å². The summed E-state index contributed by atoms with van der Waals surface area (Å²) in [7, 11) is 5.69. The monoisotopic (exact) mass is 272 g/mol. The topological polar surface area (TPSA) is 56.3 Å². The Morgan fingerprint density at radius 3 is 2.75 bits per heavy atom. The van der Waals surface area contributed by atoms with Crippen LogP contribution in [-0.2, 0) is 13.5 Å². The lowest BCUT2D eigenvalue weighted by Crippen LogP contribution is -2.25. The molecule has 2 aromatic rings. The normalized spacial score (nSPS) is 14.2. The Labute approximate surface area is 118 Å². The third kappa shape index (κ3) is 1.90. The van der Waals surface area contributed by atoms with Crippen molar-refractivity contribution >= 4 is 11.5 Å². The smallest absolute Gasteiger partial charge is 0.133 e. The molecule has 0 saturated carbocycles. The fraction of sp³-hybridized carbons (Fsp3) is 0.400.